The molecule has 12 heteroatoms. The molecule has 0 N–H and O–H groups in total. The minimum absolute atomic E-state index is 0.0305. The topological polar surface area (TPSA) is 101 Å². The van der Waals surface area contributed by atoms with Crippen LogP contribution < -0.4 is 9.47 Å². The second-order valence-corrected chi connectivity index (χ2v) is 7.35. The highest BCUT2D eigenvalue weighted by Crippen LogP contribution is 2.29. The van der Waals surface area contributed by atoms with Crippen LogP contribution in [-0.4, -0.2) is 44.3 Å². The molecule has 9 nitrogen and oxygen atoms in total. The van der Waals surface area contributed by atoms with Gasteiger partial charge in [-0.15, -0.1) is 0 Å². The second-order valence-electron chi connectivity index (χ2n) is 7.35. The Morgan fingerprint density at radius 2 is 1.80 bits per heavy atom. The third-order valence-electron chi connectivity index (χ3n) is 4.90. The summed E-state index contributed by atoms with van der Waals surface area (Å²) in [4.78, 5) is 23.7. The molecule has 35 heavy (non-hydrogen) atoms. The van der Waals surface area contributed by atoms with Gasteiger partial charge < -0.3 is 14.2 Å². The number of alkyl halides is 3. The van der Waals surface area contributed by atoms with Crippen LogP contribution in [0.5, 0.6) is 11.6 Å². The Balaban J connectivity index is 1.50. The summed E-state index contributed by atoms with van der Waals surface area (Å²) in [5, 5.41) is 4.27. The minimum atomic E-state index is -4.50. The molecule has 0 atom stereocenters. The van der Waals surface area contributed by atoms with E-state index in [0.29, 0.717) is 35.6 Å². The van der Waals surface area contributed by atoms with Crippen molar-refractivity contribution in [2.24, 2.45) is 0 Å². The van der Waals surface area contributed by atoms with E-state index >= 15 is 0 Å². The zero-order valence-electron chi connectivity index (χ0n) is 18.7. The number of imidazole rings is 1. The smallest absolute Gasteiger partial charge is 0.433 e. The van der Waals surface area contributed by atoms with Crippen molar-refractivity contribution in [3.05, 3.63) is 77.1 Å². The first-order chi connectivity index (χ1) is 16.8. The van der Waals surface area contributed by atoms with E-state index in [0.717, 1.165) is 23.5 Å². The number of carbonyl (C=O) groups is 1. The molecular formula is C23H20F3N5O4. The molecule has 4 aromatic rings. The lowest BCUT2D eigenvalue weighted by atomic mass is 10.1. The molecule has 0 amide bonds. The monoisotopic (exact) mass is 487 g/mol. The summed E-state index contributed by atoms with van der Waals surface area (Å²) in [6, 6.07) is 5.54. The van der Waals surface area contributed by atoms with Crippen LogP contribution in [0.3, 0.4) is 0 Å². The van der Waals surface area contributed by atoms with Crippen molar-refractivity contribution in [2.75, 3.05) is 13.7 Å². The van der Waals surface area contributed by atoms with Crippen LogP contribution >= 0.6 is 0 Å². The molecule has 4 heterocycles. The number of carbonyl (C=O) groups excluding carboxylic acids is 1. The van der Waals surface area contributed by atoms with Gasteiger partial charge in [-0.1, -0.05) is 6.07 Å². The average Bonchev–Trinajstić information content (AvgIpc) is 3.25. The van der Waals surface area contributed by atoms with Gasteiger partial charge in [0.25, 0.3) is 5.88 Å². The van der Waals surface area contributed by atoms with Crippen LogP contribution in [0.4, 0.5) is 13.2 Å². The lowest BCUT2D eigenvalue weighted by Gasteiger charge is -2.13. The summed E-state index contributed by atoms with van der Waals surface area (Å²) in [5.41, 5.74) is 1.81. The van der Waals surface area contributed by atoms with Crippen molar-refractivity contribution >= 4 is 11.6 Å². The molecule has 0 aliphatic rings. The van der Waals surface area contributed by atoms with Crippen molar-refractivity contribution in [2.45, 2.75) is 26.1 Å². The molecular weight excluding hydrogens is 467 g/mol. The molecule has 4 aromatic heterocycles. The number of hydrogen-bond donors (Lipinski definition) is 0. The molecule has 0 saturated carbocycles. The van der Waals surface area contributed by atoms with Crippen molar-refractivity contribution in [3.63, 3.8) is 0 Å². The number of methoxy groups -OCH3 is 1. The van der Waals surface area contributed by atoms with E-state index in [2.05, 4.69) is 20.1 Å². The quantitative estimate of drug-likeness (QED) is 0.345. The van der Waals surface area contributed by atoms with Crippen LogP contribution in [0.15, 0.2) is 49.1 Å². The number of esters is 1. The molecule has 4 rings (SSSR count). The maximum Gasteiger partial charge on any atom is 0.433 e. The Morgan fingerprint density at radius 1 is 1.00 bits per heavy atom. The molecule has 0 aliphatic heterocycles. The summed E-state index contributed by atoms with van der Waals surface area (Å²) in [6.07, 6.45) is 1.68. The average molecular weight is 487 g/mol. The number of halogens is 3. The van der Waals surface area contributed by atoms with Crippen molar-refractivity contribution in [3.8, 4) is 11.6 Å². The predicted octanol–water partition coefficient (Wildman–Crippen LogP) is 3.89. The third kappa shape index (κ3) is 5.48. The number of ether oxygens (including phenoxy) is 3. The van der Waals surface area contributed by atoms with Gasteiger partial charge in [-0.05, 0) is 30.7 Å². The van der Waals surface area contributed by atoms with E-state index in [-0.39, 0.29) is 12.5 Å². The van der Waals surface area contributed by atoms with E-state index in [1.54, 1.807) is 29.0 Å². The number of rotatable bonds is 8. The van der Waals surface area contributed by atoms with E-state index in [9.17, 15) is 18.0 Å². The summed E-state index contributed by atoms with van der Waals surface area (Å²) >= 11 is 0. The molecule has 0 fully saturated rings. The first-order valence-electron chi connectivity index (χ1n) is 10.5. The minimum Gasteiger partial charge on any atom is -0.488 e. The van der Waals surface area contributed by atoms with Gasteiger partial charge in [0.1, 0.15) is 12.3 Å². The molecule has 0 saturated heterocycles. The highest BCUT2D eigenvalue weighted by molar-refractivity contribution is 5.89. The largest absolute Gasteiger partial charge is 0.488 e. The van der Waals surface area contributed by atoms with Crippen LogP contribution in [-0.2, 0) is 23.9 Å². The first-order valence-corrected chi connectivity index (χ1v) is 10.5. The van der Waals surface area contributed by atoms with Gasteiger partial charge in [0, 0.05) is 24.4 Å². The van der Waals surface area contributed by atoms with Gasteiger partial charge in [0.2, 0.25) is 0 Å². The predicted molar refractivity (Wildman–Crippen MR) is 116 cm³/mol. The number of aromatic nitrogens is 5. The highest BCUT2D eigenvalue weighted by Gasteiger charge is 2.32. The number of nitrogens with zero attached hydrogens (tertiary/aromatic N) is 5. The second kappa shape index (κ2) is 9.95. The van der Waals surface area contributed by atoms with E-state index < -0.39 is 17.8 Å². The summed E-state index contributed by atoms with van der Waals surface area (Å²) in [6.45, 7) is 2.14. The fourth-order valence-electron chi connectivity index (χ4n) is 3.25. The molecule has 0 bridgehead atoms. The Morgan fingerprint density at radius 3 is 2.49 bits per heavy atom. The van der Waals surface area contributed by atoms with Gasteiger partial charge in [-0.25, -0.2) is 19.3 Å². The van der Waals surface area contributed by atoms with E-state index in [1.165, 1.54) is 19.4 Å². The van der Waals surface area contributed by atoms with Crippen molar-refractivity contribution in [1.82, 2.24) is 24.6 Å². The maximum atomic E-state index is 12.7. The third-order valence-corrected chi connectivity index (χ3v) is 4.90. The van der Waals surface area contributed by atoms with E-state index in [4.69, 9.17) is 14.2 Å². The van der Waals surface area contributed by atoms with Gasteiger partial charge in [0.15, 0.2) is 11.4 Å². The molecule has 0 spiro atoms. The molecule has 0 aliphatic carbocycles. The number of fused-ring (bicyclic) bond motifs is 1. The summed E-state index contributed by atoms with van der Waals surface area (Å²) in [7, 11) is 1.29. The Bertz CT molecular complexity index is 1340. The molecule has 0 radical (unpaired) electrons. The van der Waals surface area contributed by atoms with Crippen molar-refractivity contribution < 1.29 is 32.2 Å². The van der Waals surface area contributed by atoms with Crippen LogP contribution in [0.2, 0.25) is 0 Å². The standard InChI is InChI=1S/C23H20F3N5O4/c1-3-34-18-7-15(6-17-12-28-20-8-16(22(32)33-2)11-30-31(17)20)10-29-21(18)35-13-14-4-5-19(27-9-14)23(24,25)26/h4-5,7-12H,3,6,13H2,1-2H3. The van der Waals surface area contributed by atoms with E-state index in [1.807, 2.05) is 6.92 Å². The molecule has 182 valence electrons. The van der Waals surface area contributed by atoms with Gasteiger partial charge in [-0.3, -0.25) is 4.98 Å². The normalized spacial score (nSPS) is 11.5. The van der Waals surface area contributed by atoms with Crippen LogP contribution in [0.1, 0.15) is 39.8 Å². The van der Waals surface area contributed by atoms with Gasteiger partial charge in [-0.2, -0.15) is 18.3 Å². The Kier molecular flexibility index (Phi) is 6.80. The maximum absolute atomic E-state index is 12.7. The van der Waals surface area contributed by atoms with Gasteiger partial charge in [0.05, 0.1) is 37.4 Å². The fourth-order valence-corrected chi connectivity index (χ4v) is 3.25. The first kappa shape index (κ1) is 23.9. The molecule has 0 aromatic carbocycles. The zero-order chi connectivity index (χ0) is 25.0. The van der Waals surface area contributed by atoms with Crippen LogP contribution in [0.25, 0.3) is 5.65 Å². The SMILES string of the molecule is CCOc1cc(Cc2cnc3cc(C(=O)OC)cnn23)cnc1OCc1ccc(C(F)(F)F)nc1. The summed E-state index contributed by atoms with van der Waals surface area (Å²) in [5.74, 6) is 0.0897. The lowest BCUT2D eigenvalue weighted by Crippen LogP contribution is -2.08. The lowest BCUT2D eigenvalue weighted by molar-refractivity contribution is -0.141. The fraction of sp³-hybridized carbons (Fsp3) is 0.261. The zero-order valence-corrected chi connectivity index (χ0v) is 18.7. The van der Waals surface area contributed by atoms with Crippen LogP contribution in [0, 0.1) is 0 Å². The van der Waals surface area contributed by atoms with Crippen molar-refractivity contribution in [1.29, 1.82) is 0 Å². The Hall–Kier alpha value is -4.22. The highest BCUT2D eigenvalue weighted by atomic mass is 19.4. The van der Waals surface area contributed by atoms with Gasteiger partial charge >= 0.3 is 12.1 Å². The molecule has 0 unspecified atom stereocenters. The Labute approximate surface area is 197 Å². The number of hydrogen-bond acceptors (Lipinski definition) is 8. The number of pyridine rings is 2. The summed E-state index contributed by atoms with van der Waals surface area (Å²) < 4.78 is 55.7.